The van der Waals surface area contributed by atoms with Crippen LogP contribution in [0.4, 0.5) is 5.69 Å². The molecule has 3 rings (SSSR count). The standard InChI is InChI=1S/C19H28N2O2S.ClH/c1-18(2,3)24(23)13-14-5-4-6-15(11-14)21-17(22)16-12-19(16)7-9-20-10-8-19;/h4-6,11,16,20H,7-10,12-13H2,1-3H3,(H,21,22);1H. The Morgan fingerprint density at radius 3 is 2.64 bits per heavy atom. The maximum absolute atomic E-state index is 12.5. The molecule has 6 heteroatoms. The van der Waals surface area contributed by atoms with Crippen molar-refractivity contribution in [3.05, 3.63) is 29.8 Å². The Morgan fingerprint density at radius 1 is 1.32 bits per heavy atom. The van der Waals surface area contributed by atoms with Gasteiger partial charge in [0.2, 0.25) is 5.91 Å². The summed E-state index contributed by atoms with van der Waals surface area (Å²) >= 11 is 0. The molecule has 1 heterocycles. The van der Waals surface area contributed by atoms with E-state index in [0.29, 0.717) is 5.75 Å². The minimum Gasteiger partial charge on any atom is -0.326 e. The topological polar surface area (TPSA) is 58.2 Å². The van der Waals surface area contributed by atoms with Gasteiger partial charge in [0.15, 0.2) is 0 Å². The van der Waals surface area contributed by atoms with Crippen LogP contribution in [0.2, 0.25) is 0 Å². The molecule has 2 aliphatic rings. The van der Waals surface area contributed by atoms with Crippen molar-refractivity contribution in [2.24, 2.45) is 11.3 Å². The summed E-state index contributed by atoms with van der Waals surface area (Å²) in [6.45, 7) is 8.01. The van der Waals surface area contributed by atoms with Crippen molar-refractivity contribution in [1.82, 2.24) is 5.32 Å². The highest BCUT2D eigenvalue weighted by molar-refractivity contribution is 7.85. The lowest BCUT2D eigenvalue weighted by atomic mass is 9.92. The van der Waals surface area contributed by atoms with Crippen LogP contribution in [-0.2, 0) is 21.3 Å². The third-order valence-corrected chi connectivity index (χ3v) is 7.24. The van der Waals surface area contributed by atoms with E-state index >= 15 is 0 Å². The Bertz CT molecular complexity index is 651. The smallest absolute Gasteiger partial charge is 0.228 e. The van der Waals surface area contributed by atoms with Gasteiger partial charge in [-0.05, 0) is 76.2 Å². The summed E-state index contributed by atoms with van der Waals surface area (Å²) in [7, 11) is -0.934. The number of benzene rings is 1. The van der Waals surface area contributed by atoms with Gasteiger partial charge in [-0.1, -0.05) is 12.1 Å². The van der Waals surface area contributed by atoms with Crippen LogP contribution in [0.15, 0.2) is 24.3 Å². The lowest BCUT2D eigenvalue weighted by molar-refractivity contribution is -0.118. The summed E-state index contributed by atoms with van der Waals surface area (Å²) < 4.78 is 12.1. The summed E-state index contributed by atoms with van der Waals surface area (Å²) in [6.07, 6.45) is 3.24. The van der Waals surface area contributed by atoms with Crippen LogP contribution in [-0.4, -0.2) is 28.0 Å². The van der Waals surface area contributed by atoms with Crippen LogP contribution >= 0.6 is 12.4 Å². The summed E-state index contributed by atoms with van der Waals surface area (Å²) in [5.74, 6) is 0.824. The SMILES string of the molecule is CC(C)(C)S(=O)Cc1cccc(NC(=O)C2CC23CCNCC3)c1.Cl. The van der Waals surface area contributed by atoms with Gasteiger partial charge in [-0.15, -0.1) is 12.4 Å². The molecule has 2 atom stereocenters. The number of carbonyl (C=O) groups excluding carboxylic acids is 1. The maximum atomic E-state index is 12.5. The number of anilines is 1. The van der Waals surface area contributed by atoms with Gasteiger partial charge in [0.05, 0.1) is 0 Å². The Kier molecular flexibility index (Phi) is 6.34. The molecule has 1 aromatic rings. The number of nitrogens with one attached hydrogen (secondary N) is 2. The number of rotatable bonds is 4. The fourth-order valence-electron chi connectivity index (χ4n) is 3.53. The molecule has 1 saturated carbocycles. The van der Waals surface area contributed by atoms with E-state index in [2.05, 4.69) is 10.6 Å². The van der Waals surface area contributed by atoms with Gasteiger partial charge in [-0.3, -0.25) is 9.00 Å². The predicted octanol–water partition coefficient (Wildman–Crippen LogP) is 3.48. The Morgan fingerprint density at radius 2 is 2.00 bits per heavy atom. The molecule has 1 amide bonds. The van der Waals surface area contributed by atoms with E-state index in [9.17, 15) is 9.00 Å². The van der Waals surface area contributed by atoms with Crippen LogP contribution in [0.5, 0.6) is 0 Å². The number of amides is 1. The zero-order valence-electron chi connectivity index (χ0n) is 15.3. The number of piperidine rings is 1. The molecule has 1 aliphatic heterocycles. The minimum absolute atomic E-state index is 0. The predicted molar refractivity (Wildman–Crippen MR) is 107 cm³/mol. The van der Waals surface area contributed by atoms with E-state index in [1.807, 2.05) is 45.0 Å². The van der Waals surface area contributed by atoms with Crippen LogP contribution in [0, 0.1) is 11.3 Å². The van der Waals surface area contributed by atoms with Crippen LogP contribution in [0.3, 0.4) is 0 Å². The highest BCUT2D eigenvalue weighted by atomic mass is 35.5. The summed E-state index contributed by atoms with van der Waals surface area (Å²) in [6, 6.07) is 7.78. The van der Waals surface area contributed by atoms with E-state index in [0.717, 1.165) is 43.6 Å². The molecule has 2 unspecified atom stereocenters. The second-order valence-electron chi connectivity index (χ2n) is 8.16. The minimum atomic E-state index is -0.934. The molecule has 0 radical (unpaired) electrons. The van der Waals surface area contributed by atoms with Crippen molar-refractivity contribution in [1.29, 1.82) is 0 Å². The zero-order chi connectivity index (χ0) is 17.4. The van der Waals surface area contributed by atoms with Crippen molar-refractivity contribution in [3.63, 3.8) is 0 Å². The van der Waals surface area contributed by atoms with Crippen molar-refractivity contribution in [2.75, 3.05) is 18.4 Å². The highest BCUT2D eigenvalue weighted by Crippen LogP contribution is 2.58. The molecule has 1 saturated heterocycles. The first-order valence-electron chi connectivity index (χ1n) is 8.79. The largest absolute Gasteiger partial charge is 0.326 e. The van der Waals surface area contributed by atoms with Gasteiger partial charge in [-0.25, -0.2) is 0 Å². The fraction of sp³-hybridized carbons (Fsp3) is 0.632. The normalized spacial score (nSPS) is 22.8. The van der Waals surface area contributed by atoms with Gasteiger partial charge >= 0.3 is 0 Å². The molecule has 140 valence electrons. The average molecular weight is 385 g/mol. The van der Waals surface area contributed by atoms with E-state index in [4.69, 9.17) is 0 Å². The molecule has 2 fully saturated rings. The fourth-order valence-corrected chi connectivity index (χ4v) is 4.45. The van der Waals surface area contributed by atoms with Crippen LogP contribution < -0.4 is 10.6 Å². The molecule has 2 N–H and O–H groups in total. The van der Waals surface area contributed by atoms with Crippen molar-refractivity contribution in [3.8, 4) is 0 Å². The number of carbonyl (C=O) groups is 1. The second kappa shape index (κ2) is 7.77. The van der Waals surface area contributed by atoms with E-state index in [-0.39, 0.29) is 34.4 Å². The van der Waals surface area contributed by atoms with Crippen LogP contribution in [0.1, 0.15) is 45.6 Å². The first-order valence-corrected chi connectivity index (χ1v) is 10.1. The van der Waals surface area contributed by atoms with Crippen molar-refractivity contribution in [2.45, 2.75) is 50.5 Å². The summed E-state index contributed by atoms with van der Waals surface area (Å²) in [4.78, 5) is 12.5. The monoisotopic (exact) mass is 384 g/mol. The van der Waals surface area contributed by atoms with Crippen molar-refractivity contribution >= 4 is 34.8 Å². The molecule has 1 aliphatic carbocycles. The lowest BCUT2D eigenvalue weighted by Crippen LogP contribution is -2.31. The van der Waals surface area contributed by atoms with Gasteiger partial charge < -0.3 is 10.6 Å². The number of hydrogen-bond acceptors (Lipinski definition) is 3. The van der Waals surface area contributed by atoms with E-state index in [1.165, 1.54) is 0 Å². The van der Waals surface area contributed by atoms with Gasteiger partial charge in [0, 0.05) is 32.9 Å². The molecular formula is C19H29ClN2O2S. The highest BCUT2D eigenvalue weighted by Gasteiger charge is 2.57. The van der Waals surface area contributed by atoms with Gasteiger partial charge in [0.1, 0.15) is 0 Å². The van der Waals surface area contributed by atoms with Crippen LogP contribution in [0.25, 0.3) is 0 Å². The molecular weight excluding hydrogens is 356 g/mol. The number of halogens is 1. The Balaban J connectivity index is 0.00000225. The van der Waals surface area contributed by atoms with Crippen molar-refractivity contribution < 1.29 is 9.00 Å². The molecule has 25 heavy (non-hydrogen) atoms. The maximum Gasteiger partial charge on any atom is 0.228 e. The third kappa shape index (κ3) is 4.83. The second-order valence-corrected chi connectivity index (χ2v) is 10.4. The van der Waals surface area contributed by atoms with E-state index in [1.54, 1.807) is 0 Å². The first-order chi connectivity index (χ1) is 11.3. The molecule has 0 aromatic heterocycles. The summed E-state index contributed by atoms with van der Waals surface area (Å²) in [5, 5.41) is 6.44. The Hall–Kier alpha value is -0.910. The molecule has 0 bridgehead atoms. The molecule has 1 spiro atoms. The molecule has 1 aromatic carbocycles. The molecule has 4 nitrogen and oxygen atoms in total. The zero-order valence-corrected chi connectivity index (χ0v) is 16.9. The number of hydrogen-bond donors (Lipinski definition) is 2. The summed E-state index contributed by atoms with van der Waals surface area (Å²) in [5.41, 5.74) is 2.08. The average Bonchev–Trinajstić information content (AvgIpc) is 3.21. The van der Waals surface area contributed by atoms with Gasteiger partial charge in [-0.2, -0.15) is 0 Å². The van der Waals surface area contributed by atoms with E-state index < -0.39 is 10.8 Å². The Labute approximate surface area is 159 Å². The first kappa shape index (κ1) is 20.4. The van der Waals surface area contributed by atoms with Gasteiger partial charge in [0.25, 0.3) is 0 Å². The quantitative estimate of drug-likeness (QED) is 0.835. The third-order valence-electron chi connectivity index (χ3n) is 5.28. The lowest BCUT2D eigenvalue weighted by Gasteiger charge is -2.23.